The molecule has 1 aromatic carbocycles. The number of hydrogen-bond donors (Lipinski definition) is 1. The highest BCUT2D eigenvalue weighted by atomic mass is 16.2. The third kappa shape index (κ3) is 5.32. The second kappa shape index (κ2) is 10.7. The highest BCUT2D eigenvalue weighted by Crippen LogP contribution is 2.37. The first-order valence-corrected chi connectivity index (χ1v) is 13.1. The minimum Gasteiger partial charge on any atom is -0.322 e. The van der Waals surface area contributed by atoms with Crippen molar-refractivity contribution in [2.75, 3.05) is 26.2 Å². The molecular weight excluding hydrogens is 436 g/mol. The van der Waals surface area contributed by atoms with E-state index in [4.69, 9.17) is 0 Å². The molecule has 184 valence electrons. The fraction of sp³-hybridized carbons (Fsp3) is 0.483. The van der Waals surface area contributed by atoms with Crippen molar-refractivity contribution in [3.8, 4) is 0 Å². The number of carbonyl (C=O) groups is 2. The Kier molecular flexibility index (Phi) is 7.28. The number of pyridine rings is 1. The first-order chi connectivity index (χ1) is 17.1. The van der Waals surface area contributed by atoms with Crippen LogP contribution in [0.15, 0.2) is 66.9 Å². The Morgan fingerprint density at radius 1 is 0.971 bits per heavy atom. The number of allylic oxidation sites excluding steroid dienone is 2. The standard InChI is InChI=1S/C29H36N4O2/c34-27-29(21-23-9-3-1-4-10-23,31-28(35)33(27)20-16-26-13-7-8-17-30-26)25-14-18-32(19-15-25)22-24-11-5-2-6-12-24/h1-5,7-10,13,17,24-25H,6,11-12,14-16,18-22H2,(H,31,35)/t24-,29+/m0/s1. The molecule has 6 heteroatoms. The van der Waals surface area contributed by atoms with E-state index in [2.05, 4.69) is 39.5 Å². The van der Waals surface area contributed by atoms with Gasteiger partial charge in [0.05, 0.1) is 0 Å². The third-order valence-corrected chi connectivity index (χ3v) is 8.02. The molecule has 2 fully saturated rings. The molecule has 0 radical (unpaired) electrons. The second-order valence-electron chi connectivity index (χ2n) is 10.3. The van der Waals surface area contributed by atoms with Gasteiger partial charge in [0.2, 0.25) is 0 Å². The predicted molar refractivity (Wildman–Crippen MR) is 137 cm³/mol. The van der Waals surface area contributed by atoms with E-state index in [0.717, 1.165) is 49.7 Å². The molecule has 1 aromatic heterocycles. The number of hydrogen-bond acceptors (Lipinski definition) is 4. The van der Waals surface area contributed by atoms with E-state index in [1.54, 1.807) is 6.20 Å². The fourth-order valence-corrected chi connectivity index (χ4v) is 6.07. The van der Waals surface area contributed by atoms with E-state index < -0.39 is 5.54 Å². The highest BCUT2D eigenvalue weighted by Gasteiger charge is 2.55. The summed E-state index contributed by atoms with van der Waals surface area (Å²) in [6, 6.07) is 15.6. The van der Waals surface area contributed by atoms with E-state index in [1.807, 2.05) is 36.4 Å². The zero-order valence-corrected chi connectivity index (χ0v) is 20.4. The van der Waals surface area contributed by atoms with Crippen LogP contribution in [0.5, 0.6) is 0 Å². The Bertz CT molecular complexity index is 1030. The first kappa shape index (κ1) is 23.7. The molecule has 2 aliphatic heterocycles. The summed E-state index contributed by atoms with van der Waals surface area (Å²) in [6.45, 7) is 3.46. The number of nitrogens with zero attached hydrogens (tertiary/aromatic N) is 3. The van der Waals surface area contributed by atoms with E-state index in [0.29, 0.717) is 19.4 Å². The molecule has 2 aromatic rings. The summed E-state index contributed by atoms with van der Waals surface area (Å²) in [4.78, 5) is 35.5. The molecule has 0 bridgehead atoms. The summed E-state index contributed by atoms with van der Waals surface area (Å²) in [7, 11) is 0. The van der Waals surface area contributed by atoms with E-state index in [1.165, 1.54) is 24.2 Å². The summed E-state index contributed by atoms with van der Waals surface area (Å²) >= 11 is 0. The zero-order valence-electron chi connectivity index (χ0n) is 20.4. The number of nitrogens with one attached hydrogen (secondary N) is 1. The van der Waals surface area contributed by atoms with Crippen LogP contribution in [0.25, 0.3) is 0 Å². The summed E-state index contributed by atoms with van der Waals surface area (Å²) in [5, 5.41) is 3.21. The van der Waals surface area contributed by atoms with Crippen molar-refractivity contribution in [3.05, 3.63) is 78.1 Å². The lowest BCUT2D eigenvalue weighted by Gasteiger charge is -2.42. The highest BCUT2D eigenvalue weighted by molar-refractivity contribution is 6.07. The Morgan fingerprint density at radius 3 is 2.49 bits per heavy atom. The Labute approximate surface area is 208 Å². The molecule has 2 atom stereocenters. The molecule has 0 unspecified atom stereocenters. The van der Waals surface area contributed by atoms with Gasteiger partial charge in [0.1, 0.15) is 5.54 Å². The van der Waals surface area contributed by atoms with E-state index in [9.17, 15) is 9.59 Å². The number of carbonyl (C=O) groups excluding carboxylic acids is 2. The summed E-state index contributed by atoms with van der Waals surface area (Å²) in [6.07, 6.45) is 13.0. The van der Waals surface area contributed by atoms with Crippen LogP contribution in [0.4, 0.5) is 4.79 Å². The monoisotopic (exact) mass is 472 g/mol. The van der Waals surface area contributed by atoms with Crippen LogP contribution in [0.2, 0.25) is 0 Å². The molecule has 0 spiro atoms. The number of benzene rings is 1. The van der Waals surface area contributed by atoms with Gasteiger partial charge in [-0.2, -0.15) is 0 Å². The van der Waals surface area contributed by atoms with Crippen LogP contribution in [0.1, 0.15) is 43.4 Å². The van der Waals surface area contributed by atoms with E-state index in [-0.39, 0.29) is 17.9 Å². The van der Waals surface area contributed by atoms with Crippen molar-refractivity contribution in [2.45, 2.75) is 50.5 Å². The molecule has 2 saturated heterocycles. The van der Waals surface area contributed by atoms with Gasteiger partial charge in [-0.1, -0.05) is 48.6 Å². The average molecular weight is 473 g/mol. The van der Waals surface area contributed by atoms with Crippen molar-refractivity contribution in [2.24, 2.45) is 11.8 Å². The largest absolute Gasteiger partial charge is 0.325 e. The number of rotatable bonds is 8. The van der Waals surface area contributed by atoms with Crippen molar-refractivity contribution in [1.29, 1.82) is 0 Å². The second-order valence-corrected chi connectivity index (χ2v) is 10.3. The SMILES string of the molecule is O=C1N[C@](Cc2ccccc2)(C2CCN(C[C@H]3CC=CCC3)CC2)C(=O)N1CCc1ccccn1. The minimum atomic E-state index is -0.873. The number of urea groups is 1. The van der Waals surface area contributed by atoms with Crippen molar-refractivity contribution in [3.63, 3.8) is 0 Å². The third-order valence-electron chi connectivity index (χ3n) is 8.02. The Balaban J connectivity index is 1.31. The van der Waals surface area contributed by atoms with Gasteiger partial charge in [0.25, 0.3) is 5.91 Å². The molecule has 3 heterocycles. The molecule has 3 aliphatic rings. The van der Waals surface area contributed by atoms with Crippen LogP contribution in [-0.2, 0) is 17.6 Å². The number of likely N-dealkylation sites (tertiary alicyclic amines) is 1. The maximum absolute atomic E-state index is 14.0. The van der Waals surface area contributed by atoms with Crippen LogP contribution in [-0.4, -0.2) is 58.4 Å². The van der Waals surface area contributed by atoms with Crippen LogP contribution >= 0.6 is 0 Å². The van der Waals surface area contributed by atoms with E-state index >= 15 is 0 Å². The number of amides is 3. The van der Waals surface area contributed by atoms with Crippen molar-refractivity contribution in [1.82, 2.24) is 20.1 Å². The average Bonchev–Trinajstić information content (AvgIpc) is 3.14. The van der Waals surface area contributed by atoms with Gasteiger partial charge in [0.15, 0.2) is 0 Å². The lowest BCUT2D eigenvalue weighted by Crippen LogP contribution is -2.57. The van der Waals surface area contributed by atoms with Crippen LogP contribution in [0, 0.1) is 11.8 Å². The maximum atomic E-state index is 14.0. The van der Waals surface area contributed by atoms with Gasteiger partial charge < -0.3 is 10.2 Å². The molecule has 0 saturated carbocycles. The summed E-state index contributed by atoms with van der Waals surface area (Å²) in [5.41, 5.74) is 1.10. The van der Waals surface area contributed by atoms with Gasteiger partial charge in [-0.15, -0.1) is 0 Å². The molecule has 1 aliphatic carbocycles. The van der Waals surface area contributed by atoms with Crippen LogP contribution in [0.3, 0.4) is 0 Å². The normalized spacial score (nSPS) is 25.7. The van der Waals surface area contributed by atoms with Gasteiger partial charge in [-0.25, -0.2) is 4.79 Å². The number of imide groups is 1. The van der Waals surface area contributed by atoms with Gasteiger partial charge in [-0.3, -0.25) is 14.7 Å². The van der Waals surface area contributed by atoms with Crippen LogP contribution < -0.4 is 5.32 Å². The zero-order chi connectivity index (χ0) is 24.1. The fourth-order valence-electron chi connectivity index (χ4n) is 6.07. The molecule has 3 amide bonds. The number of piperidine rings is 1. The molecule has 35 heavy (non-hydrogen) atoms. The predicted octanol–water partition coefficient (Wildman–Crippen LogP) is 4.23. The maximum Gasteiger partial charge on any atom is 0.325 e. The first-order valence-electron chi connectivity index (χ1n) is 13.1. The number of aromatic nitrogens is 1. The van der Waals surface area contributed by atoms with Gasteiger partial charge in [0, 0.05) is 37.8 Å². The topological polar surface area (TPSA) is 65.5 Å². The minimum absolute atomic E-state index is 0.0712. The van der Waals surface area contributed by atoms with Gasteiger partial charge >= 0.3 is 6.03 Å². The van der Waals surface area contributed by atoms with Crippen molar-refractivity contribution < 1.29 is 9.59 Å². The lowest BCUT2D eigenvalue weighted by molar-refractivity contribution is -0.134. The summed E-state index contributed by atoms with van der Waals surface area (Å²) in [5.74, 6) is 0.796. The quantitative estimate of drug-likeness (QED) is 0.461. The Hall–Kier alpha value is -2.99. The molecule has 5 rings (SSSR count). The molecule has 1 N–H and O–H groups in total. The lowest BCUT2D eigenvalue weighted by atomic mass is 9.73. The Morgan fingerprint density at radius 2 is 1.77 bits per heavy atom. The smallest absolute Gasteiger partial charge is 0.322 e. The van der Waals surface area contributed by atoms with Gasteiger partial charge in [-0.05, 0) is 74.7 Å². The molecule has 6 nitrogen and oxygen atoms in total. The van der Waals surface area contributed by atoms with Crippen molar-refractivity contribution >= 4 is 11.9 Å². The summed E-state index contributed by atoms with van der Waals surface area (Å²) < 4.78 is 0. The molecular formula is C29H36N4O2.